The monoisotopic (exact) mass is 1350 g/mol. The molecule has 546 valence electrons. The molecule has 46 unspecified atom stereocenters. The fraction of sp³-hybridized carbons (Fsp3) is 0.871. The molecule has 24 aliphatic rings. The van der Waals surface area contributed by atoms with Crippen molar-refractivity contribution in [1.82, 2.24) is 29.4 Å². The van der Waals surface area contributed by atoms with Crippen LogP contribution in [0, 0.1) is 254 Å². The molecule has 6 heteroatoms. The Kier molecular flexibility index (Phi) is 17.4. The molecule has 24 aliphatic carbocycles. The SMILES string of the molecule is CC1C(CN(C)C)C2CC1C1C3C=CC(C3)C21.CC1C2CC(C3C4C=CC(C4)C23)C1N(C)C.CCC1C(CN(C)C)C2CC1C1C3C=CC(C3)C21.CCC1C2CC(C3C4C=CC(C4)C23)C1N(C)C.CN(C)C1CC2CC1C1C3C=CC(C3)C21.CN(C)CC1CC2CC1C1C3C=CC(C3)C21. The Balaban J connectivity index is 0.0000000830. The summed E-state index contributed by atoms with van der Waals surface area (Å²) < 4.78 is 0. The van der Waals surface area contributed by atoms with Crippen LogP contribution in [0.4, 0.5) is 0 Å². The summed E-state index contributed by atoms with van der Waals surface area (Å²) in [7, 11) is 27.3. The van der Waals surface area contributed by atoms with Gasteiger partial charge in [0.15, 0.2) is 0 Å². The maximum atomic E-state index is 2.57. The largest absolute Gasteiger partial charge is 0.309 e. The Labute approximate surface area is 606 Å². The van der Waals surface area contributed by atoms with E-state index < -0.39 is 0 Å². The van der Waals surface area contributed by atoms with Crippen LogP contribution in [-0.2, 0) is 0 Å². The van der Waals surface area contributed by atoms with Crippen LogP contribution in [0.1, 0.15) is 130 Å². The zero-order valence-corrected chi connectivity index (χ0v) is 65.6. The molecule has 0 heterocycles. The quantitative estimate of drug-likeness (QED) is 0.151. The van der Waals surface area contributed by atoms with Crippen LogP contribution in [0.5, 0.6) is 0 Å². The lowest BCUT2D eigenvalue weighted by Gasteiger charge is -2.44. The van der Waals surface area contributed by atoms with Gasteiger partial charge in [-0.1, -0.05) is 113 Å². The maximum Gasteiger partial charge on any atom is 0.0151 e. The molecule has 46 atom stereocenters. The molecule has 0 aromatic carbocycles. The molecule has 0 radical (unpaired) electrons. The zero-order chi connectivity index (χ0) is 67.9. The third-order valence-corrected chi connectivity index (χ3v) is 38.3. The summed E-state index contributed by atoms with van der Waals surface area (Å²) in [6, 6.07) is 2.67. The van der Waals surface area contributed by atoms with Crippen LogP contribution >= 0.6 is 0 Å². The van der Waals surface area contributed by atoms with Gasteiger partial charge >= 0.3 is 0 Å². The summed E-state index contributed by atoms with van der Waals surface area (Å²) in [5.41, 5.74) is 0. The Bertz CT molecular complexity index is 3140. The highest BCUT2D eigenvalue weighted by atomic mass is 15.1. The van der Waals surface area contributed by atoms with Crippen LogP contribution in [-0.4, -0.2) is 152 Å². The minimum Gasteiger partial charge on any atom is -0.309 e. The van der Waals surface area contributed by atoms with Crippen LogP contribution in [0.2, 0.25) is 0 Å². The third kappa shape index (κ3) is 10.3. The van der Waals surface area contributed by atoms with Gasteiger partial charge in [-0.2, -0.15) is 0 Å². The smallest absolute Gasteiger partial charge is 0.0151 e. The lowest BCUT2D eigenvalue weighted by Crippen LogP contribution is -2.46. The van der Waals surface area contributed by atoms with Crippen LogP contribution in [0.15, 0.2) is 72.9 Å². The third-order valence-electron chi connectivity index (χ3n) is 38.3. The lowest BCUT2D eigenvalue weighted by molar-refractivity contribution is 0.0548. The van der Waals surface area contributed by atoms with Crippen molar-refractivity contribution in [2.24, 2.45) is 254 Å². The molecule has 24 rings (SSSR count). The van der Waals surface area contributed by atoms with Crippen molar-refractivity contribution in [3.8, 4) is 0 Å². The number of fused-ring (bicyclic) bond motifs is 54. The minimum atomic E-state index is 0.874. The second kappa shape index (κ2) is 25.4. The average Bonchev–Trinajstić information content (AvgIpc) is 1.57. The Morgan fingerprint density at radius 2 is 0.556 bits per heavy atom. The summed E-state index contributed by atoms with van der Waals surface area (Å²) in [6.07, 6.45) is 54.9. The Morgan fingerprint density at radius 3 is 0.990 bits per heavy atom. The summed E-state index contributed by atoms with van der Waals surface area (Å²) in [5.74, 6) is 44.3. The molecule has 0 aromatic rings. The number of hydrogen-bond acceptors (Lipinski definition) is 6. The molecule has 18 fully saturated rings. The first-order chi connectivity index (χ1) is 47.8. The van der Waals surface area contributed by atoms with Crippen molar-refractivity contribution >= 4 is 0 Å². The van der Waals surface area contributed by atoms with Gasteiger partial charge in [0.2, 0.25) is 0 Å². The Hall–Kier alpha value is -1.80. The van der Waals surface area contributed by atoms with Gasteiger partial charge in [-0.25, -0.2) is 0 Å². The molecule has 0 saturated heterocycles. The van der Waals surface area contributed by atoms with Crippen LogP contribution in [0.3, 0.4) is 0 Å². The minimum absolute atomic E-state index is 0.874. The first-order valence-electron chi connectivity index (χ1n) is 43.8. The van der Waals surface area contributed by atoms with E-state index in [1.807, 2.05) is 0 Å². The molecule has 0 amide bonds. The van der Waals surface area contributed by atoms with Gasteiger partial charge in [0.05, 0.1) is 0 Å². The molecule has 6 nitrogen and oxygen atoms in total. The van der Waals surface area contributed by atoms with E-state index in [0.717, 1.165) is 273 Å². The molecular formula is C93H144N6. The first-order valence-corrected chi connectivity index (χ1v) is 43.8. The fourth-order valence-electron chi connectivity index (χ4n) is 36.8. The molecule has 0 spiro atoms. The van der Waals surface area contributed by atoms with Gasteiger partial charge in [-0.05, 0) is 429 Å². The number of allylic oxidation sites excluding steroid dienone is 12. The van der Waals surface area contributed by atoms with Gasteiger partial charge in [0.25, 0.3) is 0 Å². The van der Waals surface area contributed by atoms with E-state index in [1.54, 1.807) is 38.5 Å². The predicted molar refractivity (Wildman–Crippen MR) is 410 cm³/mol. The number of rotatable bonds is 11. The molecule has 0 aliphatic heterocycles. The van der Waals surface area contributed by atoms with E-state index in [1.165, 1.54) is 83.8 Å². The van der Waals surface area contributed by atoms with Gasteiger partial charge in [0, 0.05) is 37.8 Å². The van der Waals surface area contributed by atoms with E-state index in [2.05, 4.69) is 215 Å². The van der Waals surface area contributed by atoms with Crippen molar-refractivity contribution in [3.05, 3.63) is 72.9 Å². The maximum absolute atomic E-state index is 2.57. The van der Waals surface area contributed by atoms with E-state index in [0.29, 0.717) is 0 Å². The highest BCUT2D eigenvalue weighted by Crippen LogP contribution is 2.74. The van der Waals surface area contributed by atoms with Gasteiger partial charge < -0.3 is 29.4 Å². The van der Waals surface area contributed by atoms with E-state index in [9.17, 15) is 0 Å². The highest BCUT2D eigenvalue weighted by molar-refractivity contribution is 5.28. The normalized spacial score (nSPS) is 58.2. The lowest BCUT2D eigenvalue weighted by atomic mass is 9.64. The standard InChI is InChI=1S/C17H27N.2C16H25N.2C15H23N.C14H21N/c1-4-12-13-8-14(15(12)9-18(2)3)17-11-6-5-10(7-11)16(13)17;1-9-12-7-13(14(9)8-17(2)3)16-11-5-4-10(6-11)15(12)16;1-4-11-12-8-13(16(11)17(2)3)15-10-6-5-9(7-10)14(12)15;1-8-11-7-12(15(8)16(2)3)14-10-5-4-9(6-10)13(11)14;1-16(2)8-12-6-11-7-13(12)15-10-4-3-9(5-10)14(11)15;1-15(2)12-7-10-6-11(12)14-9-4-3-8(5-9)13(10)14/h5-6,10-17H,4,7-9H2,1-3H3;4-5,9-16H,6-8H2,1-3H3;5-6,9-16H,4,7-8H2,1-3H3;4-5,8-15H,6-7H2,1-3H3;3-4,9-15H,5-8H2,1-2H3;3-4,8-14H,5-7H2,1-2H3. The summed E-state index contributed by atoms with van der Waals surface area (Å²) in [5, 5.41) is 0. The highest BCUT2D eigenvalue weighted by Gasteiger charge is 2.69. The summed E-state index contributed by atoms with van der Waals surface area (Å²) in [6.45, 7) is 13.9. The molecule has 18 saturated carbocycles. The van der Waals surface area contributed by atoms with Crippen molar-refractivity contribution in [1.29, 1.82) is 0 Å². The summed E-state index contributed by atoms with van der Waals surface area (Å²) >= 11 is 0. The molecular weight excluding hydrogens is 1200 g/mol. The molecule has 0 aromatic heterocycles. The van der Waals surface area contributed by atoms with Crippen molar-refractivity contribution in [2.45, 2.75) is 149 Å². The average molecular weight is 1350 g/mol. The molecule has 0 N–H and O–H groups in total. The van der Waals surface area contributed by atoms with Gasteiger partial charge in [0.1, 0.15) is 0 Å². The van der Waals surface area contributed by atoms with Crippen LogP contribution < -0.4 is 0 Å². The first kappa shape index (κ1) is 67.8. The van der Waals surface area contributed by atoms with Gasteiger partial charge in [-0.3, -0.25) is 0 Å². The van der Waals surface area contributed by atoms with Crippen molar-refractivity contribution in [2.75, 3.05) is 104 Å². The topological polar surface area (TPSA) is 19.4 Å². The van der Waals surface area contributed by atoms with Crippen molar-refractivity contribution in [3.63, 3.8) is 0 Å². The number of nitrogens with zero attached hydrogens (tertiary/aromatic N) is 6. The van der Waals surface area contributed by atoms with Crippen molar-refractivity contribution < 1.29 is 0 Å². The summed E-state index contributed by atoms with van der Waals surface area (Å²) in [4.78, 5) is 14.8. The predicted octanol–water partition coefficient (Wildman–Crippen LogP) is 16.9. The van der Waals surface area contributed by atoms with E-state index in [4.69, 9.17) is 0 Å². The second-order valence-electron chi connectivity index (χ2n) is 42.8. The number of hydrogen-bond donors (Lipinski definition) is 0. The molecule has 99 heavy (non-hydrogen) atoms. The zero-order valence-electron chi connectivity index (χ0n) is 65.6. The molecule has 24 bridgehead atoms. The van der Waals surface area contributed by atoms with E-state index >= 15 is 0 Å². The van der Waals surface area contributed by atoms with E-state index in [-0.39, 0.29) is 0 Å². The Morgan fingerprint density at radius 1 is 0.242 bits per heavy atom. The fourth-order valence-corrected chi connectivity index (χ4v) is 36.8. The van der Waals surface area contributed by atoms with Crippen LogP contribution in [0.25, 0.3) is 0 Å². The van der Waals surface area contributed by atoms with Gasteiger partial charge in [-0.15, -0.1) is 0 Å². The second-order valence-corrected chi connectivity index (χ2v) is 42.8.